The van der Waals surface area contributed by atoms with Crippen LogP contribution in [-0.4, -0.2) is 14.9 Å². The van der Waals surface area contributed by atoms with Crippen molar-refractivity contribution in [3.63, 3.8) is 0 Å². The van der Waals surface area contributed by atoms with E-state index in [1.807, 2.05) is 19.9 Å². The van der Waals surface area contributed by atoms with E-state index in [4.69, 9.17) is 4.74 Å². The van der Waals surface area contributed by atoms with Crippen LogP contribution in [0.4, 0.5) is 10.5 Å². The lowest BCUT2D eigenvalue weighted by Gasteiger charge is -2.21. The fourth-order valence-electron chi connectivity index (χ4n) is 2.48. The normalized spacial score (nSPS) is 11.9. The van der Waals surface area contributed by atoms with E-state index < -0.39 is 17.2 Å². The highest BCUT2D eigenvalue weighted by atomic mass is 32.2. The molecular formula is C17H18NO4S-. The molecule has 0 fully saturated rings. The van der Waals surface area contributed by atoms with E-state index in [2.05, 4.69) is 5.32 Å². The molecule has 0 spiro atoms. The molecule has 2 aromatic carbocycles. The first-order chi connectivity index (χ1) is 10.8. The smallest absolute Gasteiger partial charge is 0.417 e. The van der Waals surface area contributed by atoms with Gasteiger partial charge in [-0.25, -0.2) is 4.79 Å². The average Bonchev–Trinajstić information content (AvgIpc) is 2.50. The first kappa shape index (κ1) is 17.2. The number of hydrogen-bond acceptors (Lipinski definition) is 4. The summed E-state index contributed by atoms with van der Waals surface area (Å²) in [6.45, 7) is 7.09. The van der Waals surface area contributed by atoms with E-state index in [1.54, 1.807) is 38.1 Å². The molecule has 0 aliphatic carbocycles. The van der Waals surface area contributed by atoms with Crippen LogP contribution in [0.15, 0.2) is 35.2 Å². The Balaban J connectivity index is 2.36. The summed E-state index contributed by atoms with van der Waals surface area (Å²) in [5.41, 5.74) is 3.30. The van der Waals surface area contributed by atoms with Gasteiger partial charge in [-0.1, -0.05) is 18.2 Å². The predicted molar refractivity (Wildman–Crippen MR) is 88.7 cm³/mol. The molecule has 0 saturated heterocycles. The van der Waals surface area contributed by atoms with Gasteiger partial charge in [-0.05, 0) is 73.2 Å². The summed E-state index contributed by atoms with van der Waals surface area (Å²) in [7, 11) is 0. The fourth-order valence-corrected chi connectivity index (χ4v) is 3.23. The van der Waals surface area contributed by atoms with Crippen molar-refractivity contribution in [3.05, 3.63) is 52.6 Å². The van der Waals surface area contributed by atoms with Gasteiger partial charge in [0.25, 0.3) is 0 Å². The number of anilines is 1. The van der Waals surface area contributed by atoms with Crippen molar-refractivity contribution >= 4 is 22.9 Å². The molecular weight excluding hydrogens is 314 g/mol. The Labute approximate surface area is 138 Å². The number of carbonyl (C=O) groups is 1. The first-order valence-electron chi connectivity index (χ1n) is 7.06. The number of ether oxygens (including phenoxy) is 1. The largest absolute Gasteiger partial charge is 0.768 e. The van der Waals surface area contributed by atoms with E-state index in [1.165, 1.54) is 0 Å². The van der Waals surface area contributed by atoms with Crippen molar-refractivity contribution in [2.75, 3.05) is 5.32 Å². The van der Waals surface area contributed by atoms with E-state index >= 15 is 0 Å². The lowest BCUT2D eigenvalue weighted by atomic mass is 9.98. The van der Waals surface area contributed by atoms with Gasteiger partial charge in [-0.15, -0.1) is 0 Å². The summed E-state index contributed by atoms with van der Waals surface area (Å²) in [5.74, 6) is 0.414. The molecule has 122 valence electrons. The summed E-state index contributed by atoms with van der Waals surface area (Å²) < 4.78 is 28.2. The first-order valence-corrected chi connectivity index (χ1v) is 8.14. The Morgan fingerprint density at radius 3 is 2.17 bits per heavy atom. The maximum Gasteiger partial charge on any atom is 0.417 e. The van der Waals surface area contributed by atoms with Gasteiger partial charge in [-0.2, -0.15) is 0 Å². The van der Waals surface area contributed by atoms with Gasteiger partial charge in [0.2, 0.25) is 0 Å². The molecule has 1 N–H and O–H groups in total. The third-order valence-corrected chi connectivity index (χ3v) is 4.85. The molecule has 1 unspecified atom stereocenters. The standard InChI is InChI=1S/C17H19NO4S/c1-10-11(2)15(13(4)16(12(10)3)23(20)21)18-17(19)22-14-8-6-5-7-9-14/h5-9H,1-4H3,(H,18,19)(H,20,21)/p-1. The molecule has 0 radical (unpaired) electrons. The molecule has 6 heteroatoms. The molecule has 0 aliphatic heterocycles. The zero-order chi connectivity index (χ0) is 17.1. The topological polar surface area (TPSA) is 78.5 Å². The minimum Gasteiger partial charge on any atom is -0.768 e. The van der Waals surface area contributed by atoms with Crippen LogP contribution < -0.4 is 10.1 Å². The minimum atomic E-state index is -2.38. The van der Waals surface area contributed by atoms with Crippen LogP contribution in [0.3, 0.4) is 0 Å². The highest BCUT2D eigenvalue weighted by Gasteiger charge is 2.17. The van der Waals surface area contributed by atoms with Gasteiger partial charge in [0.15, 0.2) is 0 Å². The van der Waals surface area contributed by atoms with Crippen LogP contribution in [0.5, 0.6) is 5.75 Å². The Hall–Kier alpha value is -2.18. The van der Waals surface area contributed by atoms with Gasteiger partial charge < -0.3 is 9.29 Å². The summed E-state index contributed by atoms with van der Waals surface area (Å²) in [5, 5.41) is 2.66. The van der Waals surface area contributed by atoms with E-state index in [9.17, 15) is 13.6 Å². The second-order valence-electron chi connectivity index (χ2n) is 5.27. The number of rotatable bonds is 3. The Morgan fingerprint density at radius 1 is 1.00 bits per heavy atom. The Morgan fingerprint density at radius 2 is 1.61 bits per heavy atom. The molecule has 2 aromatic rings. The average molecular weight is 332 g/mol. The van der Waals surface area contributed by atoms with Crippen molar-refractivity contribution < 1.29 is 18.3 Å². The van der Waals surface area contributed by atoms with Crippen LogP contribution in [-0.2, 0) is 11.1 Å². The van der Waals surface area contributed by atoms with Gasteiger partial charge in [0, 0.05) is 4.90 Å². The van der Waals surface area contributed by atoms with Gasteiger partial charge in [0.05, 0.1) is 5.69 Å². The number of benzene rings is 2. The third-order valence-electron chi connectivity index (χ3n) is 3.90. The molecule has 1 amide bonds. The lowest BCUT2D eigenvalue weighted by Crippen LogP contribution is -2.19. The molecule has 1 atom stereocenters. The summed E-state index contributed by atoms with van der Waals surface area (Å²) in [6.07, 6.45) is -0.659. The summed E-state index contributed by atoms with van der Waals surface area (Å²) >= 11 is -2.38. The number of amides is 1. The molecule has 0 bridgehead atoms. The molecule has 0 aromatic heterocycles. The van der Waals surface area contributed by atoms with Crippen molar-refractivity contribution in [2.24, 2.45) is 0 Å². The molecule has 2 rings (SSSR count). The number of nitrogens with one attached hydrogen (secondary N) is 1. The second-order valence-corrected chi connectivity index (χ2v) is 6.14. The highest BCUT2D eigenvalue weighted by molar-refractivity contribution is 7.79. The lowest BCUT2D eigenvalue weighted by molar-refractivity contribution is 0.215. The van der Waals surface area contributed by atoms with E-state index in [0.717, 1.165) is 11.1 Å². The van der Waals surface area contributed by atoms with Crippen LogP contribution in [0.2, 0.25) is 0 Å². The second kappa shape index (κ2) is 6.93. The summed E-state index contributed by atoms with van der Waals surface area (Å²) in [4.78, 5) is 12.3. The van der Waals surface area contributed by atoms with E-state index in [-0.39, 0.29) is 4.90 Å². The number of hydrogen-bond donors (Lipinski definition) is 1. The molecule has 0 saturated carbocycles. The van der Waals surface area contributed by atoms with Gasteiger partial charge in [0.1, 0.15) is 5.75 Å². The van der Waals surface area contributed by atoms with Crippen molar-refractivity contribution in [3.8, 4) is 5.75 Å². The summed E-state index contributed by atoms with van der Waals surface area (Å²) in [6, 6.07) is 8.66. The van der Waals surface area contributed by atoms with Gasteiger partial charge >= 0.3 is 6.09 Å². The maximum atomic E-state index is 12.1. The zero-order valence-electron chi connectivity index (χ0n) is 13.4. The van der Waals surface area contributed by atoms with Crippen LogP contribution in [0.25, 0.3) is 0 Å². The van der Waals surface area contributed by atoms with E-state index in [0.29, 0.717) is 22.6 Å². The molecule has 0 heterocycles. The SMILES string of the molecule is Cc1c(C)c(NC(=O)Oc2ccccc2)c(C)c(S(=O)[O-])c1C. The minimum absolute atomic E-state index is 0.211. The number of carbonyl (C=O) groups excluding carboxylic acids is 1. The monoisotopic (exact) mass is 332 g/mol. The van der Waals surface area contributed by atoms with Crippen LogP contribution >= 0.6 is 0 Å². The highest BCUT2D eigenvalue weighted by Crippen LogP contribution is 2.32. The Kier molecular flexibility index (Phi) is 5.18. The fraction of sp³-hybridized carbons (Fsp3) is 0.235. The van der Waals surface area contributed by atoms with Crippen molar-refractivity contribution in [1.29, 1.82) is 0 Å². The maximum absolute atomic E-state index is 12.1. The zero-order valence-corrected chi connectivity index (χ0v) is 14.2. The van der Waals surface area contributed by atoms with Crippen molar-refractivity contribution in [1.82, 2.24) is 0 Å². The van der Waals surface area contributed by atoms with Crippen molar-refractivity contribution in [2.45, 2.75) is 32.6 Å². The quantitative estimate of drug-likeness (QED) is 0.868. The van der Waals surface area contributed by atoms with Crippen LogP contribution in [0.1, 0.15) is 22.3 Å². The molecule has 0 aliphatic rings. The Bertz CT molecular complexity index is 772. The third kappa shape index (κ3) is 3.60. The van der Waals surface area contributed by atoms with Gasteiger partial charge in [-0.3, -0.25) is 9.53 Å². The van der Waals surface area contributed by atoms with Crippen LogP contribution in [0, 0.1) is 27.7 Å². The molecule has 23 heavy (non-hydrogen) atoms. The number of para-hydroxylation sites is 1. The predicted octanol–water partition coefficient (Wildman–Crippen LogP) is 3.77. The molecule has 5 nitrogen and oxygen atoms in total.